The van der Waals surface area contributed by atoms with E-state index < -0.39 is 0 Å². The maximum Gasteiger partial charge on any atom is 0.290 e. The van der Waals surface area contributed by atoms with Gasteiger partial charge in [0.1, 0.15) is 0 Å². The third-order valence-electron chi connectivity index (χ3n) is 0.733. The van der Waals surface area contributed by atoms with Gasteiger partial charge in [0.25, 0.3) is 6.47 Å². The second-order valence-electron chi connectivity index (χ2n) is 1.40. The highest BCUT2D eigenvalue weighted by atomic mass is 79.9. The Kier molecular flexibility index (Phi) is 13.5. The Morgan fingerprint density at radius 3 is 1.75 bits per heavy atom. The summed E-state index contributed by atoms with van der Waals surface area (Å²) in [5.74, 6) is 0. The highest BCUT2D eigenvalue weighted by Gasteiger charge is 1.74. The third kappa shape index (κ3) is 11.4. The average Bonchev–Trinajstić information content (AvgIpc) is 2.11. The Hall–Kier alpha value is -1.41. The van der Waals surface area contributed by atoms with E-state index in [0.29, 0.717) is 0 Å². The number of hydrogen-bond acceptors (Lipinski definition) is 3. The molecule has 0 amide bonds. The number of rotatable bonds is 0. The average molecular weight is 231 g/mol. The van der Waals surface area contributed by atoms with Gasteiger partial charge in [-0.3, -0.25) is 4.79 Å². The summed E-state index contributed by atoms with van der Waals surface area (Å²) in [4.78, 5) is 8.36. The number of carbonyl (C=O) groups is 1. The van der Waals surface area contributed by atoms with Gasteiger partial charge in [0.15, 0.2) is 0 Å². The zero-order chi connectivity index (χ0) is 9.82. The Bertz CT molecular complexity index is 213. The lowest BCUT2D eigenvalue weighted by molar-refractivity contribution is -0.122. The lowest BCUT2D eigenvalue weighted by Gasteiger charge is -1.80. The SMILES string of the molecule is Brc1ccccc1.N#N.O=CO. The Labute approximate surface area is 78.4 Å². The molecule has 0 saturated heterocycles. The topological polar surface area (TPSA) is 84.9 Å². The van der Waals surface area contributed by atoms with Crippen LogP contribution in [0.5, 0.6) is 0 Å². The van der Waals surface area contributed by atoms with E-state index in [4.69, 9.17) is 20.7 Å². The minimum absolute atomic E-state index is 0.250. The molecule has 12 heavy (non-hydrogen) atoms. The van der Waals surface area contributed by atoms with Crippen molar-refractivity contribution in [1.82, 2.24) is 0 Å². The first-order valence-electron chi connectivity index (χ1n) is 2.79. The van der Waals surface area contributed by atoms with Crippen LogP contribution in [0.15, 0.2) is 34.8 Å². The molecule has 0 radical (unpaired) electrons. The van der Waals surface area contributed by atoms with Crippen molar-refractivity contribution < 1.29 is 9.90 Å². The van der Waals surface area contributed by atoms with E-state index in [1.54, 1.807) is 0 Å². The van der Waals surface area contributed by atoms with E-state index >= 15 is 0 Å². The van der Waals surface area contributed by atoms with Crippen LogP contribution < -0.4 is 0 Å². The van der Waals surface area contributed by atoms with Crippen molar-refractivity contribution in [3.63, 3.8) is 0 Å². The predicted octanol–water partition coefficient (Wildman–Crippen LogP) is 2.18. The molecule has 0 aliphatic heterocycles. The molecular weight excluding hydrogens is 224 g/mol. The highest BCUT2D eigenvalue weighted by Crippen LogP contribution is 2.05. The van der Waals surface area contributed by atoms with Crippen molar-refractivity contribution in [1.29, 1.82) is 10.8 Å². The summed E-state index contributed by atoms with van der Waals surface area (Å²) in [6.45, 7) is -0.250. The van der Waals surface area contributed by atoms with Crippen LogP contribution in [0, 0.1) is 10.8 Å². The van der Waals surface area contributed by atoms with Gasteiger partial charge in [-0.2, -0.15) is 0 Å². The minimum atomic E-state index is -0.250. The Morgan fingerprint density at radius 1 is 1.25 bits per heavy atom. The fourth-order valence-electron chi connectivity index (χ4n) is 0.415. The Morgan fingerprint density at radius 2 is 1.58 bits per heavy atom. The fraction of sp³-hybridized carbons (Fsp3) is 0. The van der Waals surface area contributed by atoms with Crippen molar-refractivity contribution >= 4 is 22.4 Å². The molecule has 1 aromatic carbocycles. The van der Waals surface area contributed by atoms with Gasteiger partial charge in [-0.05, 0) is 12.1 Å². The molecule has 0 unspecified atom stereocenters. The van der Waals surface area contributed by atoms with Crippen LogP contribution in [-0.4, -0.2) is 11.6 Å². The number of carboxylic acid groups (broad SMARTS) is 1. The summed E-state index contributed by atoms with van der Waals surface area (Å²) in [5.41, 5.74) is 0. The van der Waals surface area contributed by atoms with E-state index in [0.717, 1.165) is 4.47 Å². The normalized spacial score (nSPS) is 6.25. The summed E-state index contributed by atoms with van der Waals surface area (Å²) in [6, 6.07) is 9.97. The van der Waals surface area contributed by atoms with Crippen molar-refractivity contribution in [2.24, 2.45) is 0 Å². The van der Waals surface area contributed by atoms with Gasteiger partial charge in [0, 0.05) is 15.3 Å². The molecule has 0 atom stereocenters. The predicted molar refractivity (Wildman–Crippen MR) is 46.3 cm³/mol. The molecule has 0 saturated carbocycles. The molecule has 4 nitrogen and oxygen atoms in total. The van der Waals surface area contributed by atoms with E-state index in [1.165, 1.54) is 0 Å². The number of hydrogen-bond donors (Lipinski definition) is 1. The van der Waals surface area contributed by atoms with Gasteiger partial charge >= 0.3 is 0 Å². The van der Waals surface area contributed by atoms with Gasteiger partial charge < -0.3 is 5.11 Å². The quantitative estimate of drug-likeness (QED) is 0.547. The third-order valence-corrected chi connectivity index (χ3v) is 1.26. The number of nitrogens with zero attached hydrogens (tertiary/aromatic N) is 2. The molecular formula is C7H7BrN2O2. The summed E-state index contributed by atoms with van der Waals surface area (Å²) in [6.07, 6.45) is 0. The standard InChI is InChI=1S/C6H5Br.CH2O2.N2/c7-6-4-2-1-3-5-6;2-1-3;1-2/h1-5H;1H,(H,2,3);. The van der Waals surface area contributed by atoms with E-state index in [9.17, 15) is 0 Å². The molecule has 0 spiro atoms. The molecule has 0 fully saturated rings. The van der Waals surface area contributed by atoms with E-state index in [1.807, 2.05) is 30.3 Å². The monoisotopic (exact) mass is 230 g/mol. The molecule has 1 rings (SSSR count). The van der Waals surface area contributed by atoms with Crippen LogP contribution in [0.2, 0.25) is 0 Å². The van der Waals surface area contributed by atoms with Crippen molar-refractivity contribution in [2.75, 3.05) is 0 Å². The zero-order valence-electron chi connectivity index (χ0n) is 6.09. The van der Waals surface area contributed by atoms with Gasteiger partial charge in [0.05, 0.1) is 0 Å². The van der Waals surface area contributed by atoms with Crippen molar-refractivity contribution in [3.05, 3.63) is 34.8 Å². The molecule has 0 aromatic heterocycles. The first-order chi connectivity index (χ1) is 5.81. The lowest BCUT2D eigenvalue weighted by Crippen LogP contribution is -1.55. The van der Waals surface area contributed by atoms with Gasteiger partial charge in [-0.25, -0.2) is 0 Å². The lowest BCUT2D eigenvalue weighted by atomic mass is 10.4. The molecule has 1 aromatic rings. The van der Waals surface area contributed by atoms with Gasteiger partial charge in [-0.1, -0.05) is 34.1 Å². The summed E-state index contributed by atoms with van der Waals surface area (Å²) in [5, 5.41) is 18.9. The first-order valence-corrected chi connectivity index (χ1v) is 3.59. The van der Waals surface area contributed by atoms with Crippen LogP contribution in [0.4, 0.5) is 0 Å². The number of halogens is 1. The first kappa shape index (κ1) is 13.2. The second-order valence-corrected chi connectivity index (χ2v) is 2.32. The van der Waals surface area contributed by atoms with Gasteiger partial charge in [0.2, 0.25) is 0 Å². The van der Waals surface area contributed by atoms with Crippen LogP contribution in [-0.2, 0) is 4.79 Å². The van der Waals surface area contributed by atoms with Crippen LogP contribution in [0.3, 0.4) is 0 Å². The summed E-state index contributed by atoms with van der Waals surface area (Å²) >= 11 is 3.31. The van der Waals surface area contributed by atoms with Crippen LogP contribution in [0.25, 0.3) is 0 Å². The van der Waals surface area contributed by atoms with Gasteiger partial charge in [-0.15, -0.1) is 0 Å². The molecule has 0 bridgehead atoms. The van der Waals surface area contributed by atoms with E-state index in [2.05, 4.69) is 15.9 Å². The minimum Gasteiger partial charge on any atom is -0.483 e. The molecule has 5 heteroatoms. The zero-order valence-corrected chi connectivity index (χ0v) is 7.68. The maximum atomic E-state index is 8.36. The van der Waals surface area contributed by atoms with Crippen LogP contribution in [0.1, 0.15) is 0 Å². The molecule has 0 heterocycles. The van der Waals surface area contributed by atoms with Crippen LogP contribution >= 0.6 is 15.9 Å². The smallest absolute Gasteiger partial charge is 0.290 e. The number of benzene rings is 1. The summed E-state index contributed by atoms with van der Waals surface area (Å²) < 4.78 is 1.13. The molecule has 1 N–H and O–H groups in total. The largest absolute Gasteiger partial charge is 0.483 e. The Balaban J connectivity index is 0. The van der Waals surface area contributed by atoms with Crippen molar-refractivity contribution in [2.45, 2.75) is 0 Å². The molecule has 0 aliphatic carbocycles. The summed E-state index contributed by atoms with van der Waals surface area (Å²) in [7, 11) is 0. The second kappa shape index (κ2) is 12.3. The van der Waals surface area contributed by atoms with E-state index in [-0.39, 0.29) is 6.47 Å². The highest BCUT2D eigenvalue weighted by molar-refractivity contribution is 9.10. The molecule has 64 valence electrons. The maximum absolute atomic E-state index is 8.36. The molecule has 0 aliphatic rings. The van der Waals surface area contributed by atoms with Crippen molar-refractivity contribution in [3.8, 4) is 0 Å². The fourth-order valence-corrected chi connectivity index (χ4v) is 0.720.